The summed E-state index contributed by atoms with van der Waals surface area (Å²) in [5.74, 6) is 0. The molecule has 1 rings (SSSR count). The van der Waals surface area contributed by atoms with E-state index in [2.05, 4.69) is 0 Å². The maximum Gasteiger partial charge on any atom is 0.412 e. The number of nitrogens with zero attached hydrogens (tertiary/aromatic N) is 1. The molecule has 1 aliphatic rings. The van der Waals surface area contributed by atoms with Crippen LogP contribution in [0.5, 0.6) is 0 Å². The van der Waals surface area contributed by atoms with Gasteiger partial charge in [0.25, 0.3) is 10.1 Å². The monoisotopic (exact) mass is 295 g/mol. The van der Waals surface area contributed by atoms with Crippen molar-refractivity contribution in [3.63, 3.8) is 0 Å². The van der Waals surface area contributed by atoms with Crippen LogP contribution in [-0.2, 0) is 19.0 Å². The second kappa shape index (κ2) is 4.92. The first-order valence-electron chi connectivity index (χ1n) is 5.94. The maximum absolute atomic E-state index is 12.0. The summed E-state index contributed by atoms with van der Waals surface area (Å²) in [6.07, 6.45) is -0.702. The first kappa shape index (κ1) is 16.2. The highest BCUT2D eigenvalue weighted by Gasteiger charge is 2.51. The van der Waals surface area contributed by atoms with Crippen molar-refractivity contribution in [2.24, 2.45) is 0 Å². The van der Waals surface area contributed by atoms with Crippen molar-refractivity contribution < 1.29 is 27.2 Å². The Morgan fingerprint density at radius 3 is 2.37 bits per heavy atom. The zero-order valence-electron chi connectivity index (χ0n) is 11.8. The predicted molar refractivity (Wildman–Crippen MR) is 67.9 cm³/mol. The van der Waals surface area contributed by atoms with E-state index in [-0.39, 0.29) is 13.0 Å². The lowest BCUT2D eigenvalue weighted by Gasteiger charge is -2.36. The molecule has 112 valence electrons. The van der Waals surface area contributed by atoms with Gasteiger partial charge in [-0.25, -0.2) is 8.98 Å². The van der Waals surface area contributed by atoms with E-state index < -0.39 is 33.6 Å². The van der Waals surface area contributed by atoms with Crippen molar-refractivity contribution >= 4 is 16.2 Å². The molecular formula is C11H21NO6S. The minimum Gasteiger partial charge on any atom is -0.444 e. The number of aliphatic hydroxyl groups excluding tert-OH is 1. The Labute approximate surface area is 113 Å². The topological polar surface area (TPSA) is 93.1 Å². The largest absolute Gasteiger partial charge is 0.444 e. The van der Waals surface area contributed by atoms with Crippen LogP contribution < -0.4 is 0 Å². The fourth-order valence-corrected chi connectivity index (χ4v) is 2.73. The summed E-state index contributed by atoms with van der Waals surface area (Å²) in [4.78, 5) is 13.1. The summed E-state index contributed by atoms with van der Waals surface area (Å²) in [5, 5.41) is 9.89. The minimum absolute atomic E-state index is 0.169. The highest BCUT2D eigenvalue weighted by atomic mass is 32.2. The van der Waals surface area contributed by atoms with Crippen molar-refractivity contribution in [3.05, 3.63) is 0 Å². The lowest BCUT2D eigenvalue weighted by atomic mass is 10.1. The zero-order valence-corrected chi connectivity index (χ0v) is 12.7. The maximum atomic E-state index is 12.0. The van der Waals surface area contributed by atoms with Crippen LogP contribution >= 0.6 is 0 Å². The van der Waals surface area contributed by atoms with Gasteiger partial charge in [0.05, 0.1) is 6.26 Å². The molecule has 1 amide bonds. The number of hydrogen-bond acceptors (Lipinski definition) is 6. The molecular weight excluding hydrogens is 274 g/mol. The fourth-order valence-electron chi connectivity index (χ4n) is 1.92. The minimum atomic E-state index is -3.82. The van der Waals surface area contributed by atoms with Crippen LogP contribution in [0.2, 0.25) is 0 Å². The molecule has 0 aromatic heterocycles. The molecule has 0 saturated carbocycles. The van der Waals surface area contributed by atoms with E-state index in [0.29, 0.717) is 0 Å². The third kappa shape index (κ3) is 4.05. The van der Waals surface area contributed by atoms with Gasteiger partial charge in [0.15, 0.2) is 5.72 Å². The molecule has 2 atom stereocenters. The summed E-state index contributed by atoms with van der Waals surface area (Å²) in [7, 11) is -3.82. The lowest BCUT2D eigenvalue weighted by Crippen LogP contribution is -2.54. The number of carbonyl (C=O) groups excluding carboxylic acids is 1. The Morgan fingerprint density at radius 2 is 1.95 bits per heavy atom. The number of ether oxygens (including phenoxy) is 1. The summed E-state index contributed by atoms with van der Waals surface area (Å²) >= 11 is 0. The molecule has 0 radical (unpaired) electrons. The van der Waals surface area contributed by atoms with Gasteiger partial charge in [-0.3, -0.25) is 4.90 Å². The van der Waals surface area contributed by atoms with Crippen LogP contribution in [0.15, 0.2) is 0 Å². The number of hydrogen-bond donors (Lipinski definition) is 1. The number of aliphatic hydroxyl groups is 1. The Hall–Kier alpha value is -0.860. The van der Waals surface area contributed by atoms with Gasteiger partial charge in [-0.15, -0.1) is 0 Å². The van der Waals surface area contributed by atoms with Gasteiger partial charge in [0, 0.05) is 6.54 Å². The Balaban J connectivity index is 2.97. The Morgan fingerprint density at radius 1 is 1.42 bits per heavy atom. The van der Waals surface area contributed by atoms with Crippen LogP contribution in [0.1, 0.15) is 34.1 Å². The van der Waals surface area contributed by atoms with Crippen molar-refractivity contribution in [1.29, 1.82) is 0 Å². The van der Waals surface area contributed by atoms with E-state index >= 15 is 0 Å². The van der Waals surface area contributed by atoms with Gasteiger partial charge in [-0.05, 0) is 34.1 Å². The van der Waals surface area contributed by atoms with Gasteiger partial charge >= 0.3 is 6.09 Å². The third-order valence-corrected chi connectivity index (χ3v) is 3.35. The third-order valence-electron chi connectivity index (χ3n) is 2.71. The van der Waals surface area contributed by atoms with Crippen LogP contribution in [0.3, 0.4) is 0 Å². The smallest absolute Gasteiger partial charge is 0.412 e. The lowest BCUT2D eigenvalue weighted by molar-refractivity contribution is -0.101. The molecule has 1 heterocycles. The van der Waals surface area contributed by atoms with Gasteiger partial charge < -0.3 is 9.84 Å². The molecule has 1 fully saturated rings. The molecule has 0 spiro atoms. The standard InChI is InChI=1S/C11H21NO6S/c1-10(2,3)17-9(14)12-7-6-8(13)11(12,4)18-19(5,15)16/h8,13H,6-7H2,1-5H3/t8-,11+/m0/s1. The van der Waals surface area contributed by atoms with Crippen LogP contribution in [0.25, 0.3) is 0 Å². The van der Waals surface area contributed by atoms with Crippen LogP contribution in [-0.4, -0.2) is 54.7 Å². The second-order valence-corrected chi connectivity index (χ2v) is 7.35. The predicted octanol–water partition coefficient (Wildman–Crippen LogP) is 0.680. The molecule has 1 aliphatic heterocycles. The summed E-state index contributed by atoms with van der Waals surface area (Å²) < 4.78 is 32.6. The van der Waals surface area contributed by atoms with E-state index in [1.165, 1.54) is 6.92 Å². The van der Waals surface area contributed by atoms with E-state index in [9.17, 15) is 18.3 Å². The van der Waals surface area contributed by atoms with E-state index in [4.69, 9.17) is 8.92 Å². The molecule has 0 aromatic rings. The second-order valence-electron chi connectivity index (χ2n) is 5.78. The van der Waals surface area contributed by atoms with Crippen molar-refractivity contribution in [2.75, 3.05) is 12.8 Å². The van der Waals surface area contributed by atoms with Gasteiger partial charge in [0.2, 0.25) is 0 Å². The first-order chi connectivity index (χ1) is 8.35. The fraction of sp³-hybridized carbons (Fsp3) is 0.909. The highest BCUT2D eigenvalue weighted by Crippen LogP contribution is 2.33. The quantitative estimate of drug-likeness (QED) is 0.753. The summed E-state index contributed by atoms with van der Waals surface area (Å²) in [5.41, 5.74) is -2.34. The molecule has 19 heavy (non-hydrogen) atoms. The van der Waals surface area contributed by atoms with E-state index in [0.717, 1.165) is 11.2 Å². The Kier molecular flexibility index (Phi) is 4.19. The highest BCUT2D eigenvalue weighted by molar-refractivity contribution is 7.86. The average Bonchev–Trinajstić information content (AvgIpc) is 2.36. The average molecular weight is 295 g/mol. The summed E-state index contributed by atoms with van der Waals surface area (Å²) in [6, 6.07) is 0. The molecule has 0 aliphatic carbocycles. The van der Waals surface area contributed by atoms with Gasteiger partial charge in [-0.1, -0.05) is 0 Å². The molecule has 1 N–H and O–H groups in total. The SMILES string of the molecule is CC(C)(C)OC(=O)N1CC[C@H](O)[C@@]1(C)OS(C)(=O)=O. The first-order valence-corrected chi connectivity index (χ1v) is 7.76. The molecule has 1 saturated heterocycles. The number of amides is 1. The van der Waals surface area contributed by atoms with Crippen LogP contribution in [0.4, 0.5) is 4.79 Å². The van der Waals surface area contributed by atoms with E-state index in [1.807, 2.05) is 0 Å². The van der Waals surface area contributed by atoms with Crippen molar-refractivity contribution in [1.82, 2.24) is 4.90 Å². The Bertz CT molecular complexity index is 454. The number of rotatable bonds is 2. The number of carbonyl (C=O) groups is 1. The molecule has 0 unspecified atom stereocenters. The summed E-state index contributed by atoms with van der Waals surface area (Å²) in [6.45, 7) is 6.63. The van der Waals surface area contributed by atoms with Crippen LogP contribution in [0, 0.1) is 0 Å². The zero-order chi connectivity index (χ0) is 15.1. The van der Waals surface area contributed by atoms with Gasteiger partial charge in [-0.2, -0.15) is 8.42 Å². The molecule has 7 nitrogen and oxygen atoms in total. The molecule has 8 heteroatoms. The number of likely N-dealkylation sites (tertiary alicyclic amines) is 1. The van der Waals surface area contributed by atoms with E-state index in [1.54, 1.807) is 20.8 Å². The van der Waals surface area contributed by atoms with Crippen molar-refractivity contribution in [3.8, 4) is 0 Å². The van der Waals surface area contributed by atoms with Crippen molar-refractivity contribution in [2.45, 2.75) is 51.5 Å². The molecule has 0 bridgehead atoms. The van der Waals surface area contributed by atoms with Gasteiger partial charge in [0.1, 0.15) is 11.7 Å². The normalized spacial score (nSPS) is 28.5. The molecule has 0 aromatic carbocycles.